The number of carbonyl (C=O) groups excluding carboxylic acids is 2. The number of carbonyl (C=O) groups is 2. The summed E-state index contributed by atoms with van der Waals surface area (Å²) in [5.74, 6) is -0.236. The number of rotatable bonds is 5. The maximum absolute atomic E-state index is 13.4. The molecule has 5 aromatic rings. The fourth-order valence-electron chi connectivity index (χ4n) is 5.47. The SMILES string of the molecule is CC(=O)Oc1cccc(C2(OC(=O)c3ccc(-[s+]4c5ccccc5c5ccccc54)cc3)CCCC2)c1. The molecule has 0 unspecified atom stereocenters. The molecule has 37 heavy (non-hydrogen) atoms. The normalized spacial score (nSPS) is 14.6. The van der Waals surface area contributed by atoms with Crippen LogP contribution in [0.5, 0.6) is 5.75 Å². The molecule has 1 saturated carbocycles. The summed E-state index contributed by atoms with van der Waals surface area (Å²) >= 11 is 0. The first-order valence-electron chi connectivity index (χ1n) is 12.6. The first kappa shape index (κ1) is 23.4. The first-order chi connectivity index (χ1) is 18.0. The van der Waals surface area contributed by atoms with Gasteiger partial charge in [0.25, 0.3) is 0 Å². The number of thiophene rings is 1. The van der Waals surface area contributed by atoms with Crippen molar-refractivity contribution >= 4 is 42.6 Å². The Hall–Kier alpha value is -3.96. The van der Waals surface area contributed by atoms with Gasteiger partial charge in [-0.1, -0.05) is 36.4 Å². The van der Waals surface area contributed by atoms with Crippen molar-refractivity contribution in [3.05, 3.63) is 108 Å². The minimum absolute atomic E-state index is 0.205. The monoisotopic (exact) mass is 507 g/mol. The largest absolute Gasteiger partial charge is 0.451 e. The van der Waals surface area contributed by atoms with E-state index in [1.807, 2.05) is 30.3 Å². The lowest BCUT2D eigenvalue weighted by molar-refractivity contribution is -0.131. The van der Waals surface area contributed by atoms with E-state index in [1.165, 1.54) is 32.0 Å². The average Bonchev–Trinajstić information content (AvgIpc) is 3.52. The summed E-state index contributed by atoms with van der Waals surface area (Å²) in [6, 6.07) is 32.4. The van der Waals surface area contributed by atoms with E-state index in [9.17, 15) is 9.59 Å². The molecule has 0 atom stereocenters. The second-order valence-corrected chi connectivity index (χ2v) is 11.5. The van der Waals surface area contributed by atoms with Gasteiger partial charge in [-0.3, -0.25) is 4.79 Å². The number of fused-ring (bicyclic) bond motifs is 3. The Balaban J connectivity index is 1.31. The molecule has 0 spiro atoms. The quantitative estimate of drug-likeness (QED) is 0.136. The summed E-state index contributed by atoms with van der Waals surface area (Å²) in [5, 5.41) is 2.56. The maximum atomic E-state index is 13.4. The van der Waals surface area contributed by atoms with Crippen molar-refractivity contribution in [3.8, 4) is 10.6 Å². The van der Waals surface area contributed by atoms with Gasteiger partial charge in [-0.15, -0.1) is 0 Å². The Morgan fingerprint density at radius 2 is 1.38 bits per heavy atom. The van der Waals surface area contributed by atoms with E-state index in [0.29, 0.717) is 11.3 Å². The van der Waals surface area contributed by atoms with E-state index < -0.39 is 5.60 Å². The van der Waals surface area contributed by atoms with Crippen molar-refractivity contribution in [1.29, 1.82) is 0 Å². The second-order valence-electron chi connectivity index (χ2n) is 9.54. The van der Waals surface area contributed by atoms with Gasteiger partial charge in [0.1, 0.15) is 11.4 Å². The van der Waals surface area contributed by atoms with Crippen LogP contribution in [0.4, 0.5) is 0 Å². The number of ether oxygens (including phenoxy) is 2. The highest BCUT2D eigenvalue weighted by Crippen LogP contribution is 2.48. The molecule has 1 aliphatic rings. The molecule has 0 amide bonds. The predicted molar refractivity (Wildman–Crippen MR) is 149 cm³/mol. The van der Waals surface area contributed by atoms with Crippen LogP contribution >= 0.6 is 10.5 Å². The minimum atomic E-state index is -0.711. The Morgan fingerprint density at radius 3 is 2.00 bits per heavy atom. The molecular weight excluding hydrogens is 480 g/mol. The molecule has 1 fully saturated rings. The van der Waals surface area contributed by atoms with Crippen LogP contribution in [-0.2, 0) is 15.1 Å². The third-order valence-electron chi connectivity index (χ3n) is 7.15. The first-order valence-corrected chi connectivity index (χ1v) is 13.8. The van der Waals surface area contributed by atoms with Crippen LogP contribution in [-0.4, -0.2) is 11.9 Å². The van der Waals surface area contributed by atoms with Crippen molar-refractivity contribution < 1.29 is 19.1 Å². The van der Waals surface area contributed by atoms with E-state index >= 15 is 0 Å². The molecule has 0 N–H and O–H groups in total. The Morgan fingerprint density at radius 1 is 0.757 bits per heavy atom. The molecular formula is C32H27O4S+. The zero-order valence-corrected chi connectivity index (χ0v) is 21.4. The third kappa shape index (κ3) is 4.30. The topological polar surface area (TPSA) is 52.6 Å². The number of benzene rings is 4. The lowest BCUT2D eigenvalue weighted by atomic mass is 9.91. The minimum Gasteiger partial charge on any atom is -0.451 e. The van der Waals surface area contributed by atoms with Gasteiger partial charge in [-0.25, -0.2) is 4.79 Å². The standard InChI is InChI=1S/C32H27O4S/c1-22(33)35-25-10-8-9-24(21-25)32(19-6-7-20-32)36-31(34)23-15-17-26(18-16-23)37-29-13-4-2-11-27(29)28-12-3-5-14-30(28)37/h2-5,8-18,21H,6-7,19-20H2,1H3/q+1. The third-order valence-corrected chi connectivity index (χ3v) is 9.49. The molecule has 0 aliphatic heterocycles. The van der Waals surface area contributed by atoms with Crippen molar-refractivity contribution in [2.45, 2.75) is 38.2 Å². The van der Waals surface area contributed by atoms with Gasteiger partial charge >= 0.3 is 11.9 Å². The molecule has 0 radical (unpaired) electrons. The van der Waals surface area contributed by atoms with Crippen LogP contribution in [0.25, 0.3) is 25.1 Å². The molecule has 6 rings (SSSR count). The number of hydrogen-bond acceptors (Lipinski definition) is 4. The van der Waals surface area contributed by atoms with Crippen molar-refractivity contribution in [2.24, 2.45) is 0 Å². The molecule has 184 valence electrons. The Bertz CT molecular complexity index is 1570. The summed E-state index contributed by atoms with van der Waals surface area (Å²) in [6.45, 7) is 1.38. The molecule has 1 heterocycles. The fraction of sp³-hybridized carbons (Fsp3) is 0.188. The Labute approximate surface area is 218 Å². The van der Waals surface area contributed by atoms with Gasteiger partial charge in [-0.05, 0) is 91.9 Å². The lowest BCUT2D eigenvalue weighted by Crippen LogP contribution is -2.29. The highest BCUT2D eigenvalue weighted by atomic mass is 32.2. The predicted octanol–water partition coefficient (Wildman–Crippen LogP) is 8.28. The van der Waals surface area contributed by atoms with E-state index in [1.54, 1.807) is 6.07 Å². The van der Waals surface area contributed by atoms with Gasteiger partial charge in [0.05, 0.1) is 5.56 Å². The van der Waals surface area contributed by atoms with Crippen molar-refractivity contribution in [3.63, 3.8) is 0 Å². The Kier molecular flexibility index (Phi) is 6.01. The molecule has 4 aromatic carbocycles. The molecule has 4 nitrogen and oxygen atoms in total. The van der Waals surface area contributed by atoms with Crippen LogP contribution in [0.3, 0.4) is 0 Å². The van der Waals surface area contributed by atoms with E-state index in [4.69, 9.17) is 9.47 Å². The van der Waals surface area contributed by atoms with Gasteiger partial charge in [0.2, 0.25) is 0 Å². The maximum Gasteiger partial charge on any atom is 0.339 e. The van der Waals surface area contributed by atoms with E-state index in [0.717, 1.165) is 31.2 Å². The zero-order valence-electron chi connectivity index (χ0n) is 20.6. The van der Waals surface area contributed by atoms with Gasteiger partial charge in [0, 0.05) is 28.2 Å². The molecule has 0 bridgehead atoms. The molecule has 0 saturated heterocycles. The van der Waals surface area contributed by atoms with E-state index in [2.05, 4.69) is 60.7 Å². The highest BCUT2D eigenvalue weighted by molar-refractivity contribution is 7.50. The highest BCUT2D eigenvalue weighted by Gasteiger charge is 2.40. The lowest BCUT2D eigenvalue weighted by Gasteiger charge is -2.30. The van der Waals surface area contributed by atoms with Crippen molar-refractivity contribution in [1.82, 2.24) is 0 Å². The van der Waals surface area contributed by atoms with Gasteiger partial charge in [-0.2, -0.15) is 0 Å². The summed E-state index contributed by atoms with van der Waals surface area (Å²) in [5.41, 5.74) is 0.696. The van der Waals surface area contributed by atoms with E-state index in [-0.39, 0.29) is 22.4 Å². The summed E-state index contributed by atoms with van der Waals surface area (Å²) in [4.78, 5) is 26.0. The summed E-state index contributed by atoms with van der Waals surface area (Å²) in [7, 11) is -0.205. The molecule has 5 heteroatoms. The van der Waals surface area contributed by atoms with Crippen LogP contribution in [0.15, 0.2) is 97.1 Å². The zero-order chi connectivity index (χ0) is 25.4. The fourth-order valence-corrected chi connectivity index (χ4v) is 7.85. The summed E-state index contributed by atoms with van der Waals surface area (Å²) < 4.78 is 14.1. The van der Waals surface area contributed by atoms with Crippen LogP contribution in [0.1, 0.15) is 48.5 Å². The van der Waals surface area contributed by atoms with Crippen LogP contribution in [0, 0.1) is 0 Å². The number of hydrogen-bond donors (Lipinski definition) is 0. The van der Waals surface area contributed by atoms with Gasteiger partial charge < -0.3 is 9.47 Å². The van der Waals surface area contributed by atoms with Crippen LogP contribution < -0.4 is 4.74 Å². The average molecular weight is 508 g/mol. The van der Waals surface area contributed by atoms with Crippen molar-refractivity contribution in [2.75, 3.05) is 0 Å². The smallest absolute Gasteiger partial charge is 0.339 e. The van der Waals surface area contributed by atoms with Crippen LogP contribution in [0.2, 0.25) is 0 Å². The number of esters is 2. The molecule has 1 aromatic heterocycles. The molecule has 1 aliphatic carbocycles. The second kappa shape index (κ2) is 9.49. The van der Waals surface area contributed by atoms with Gasteiger partial charge in [0.15, 0.2) is 14.3 Å². The summed E-state index contributed by atoms with van der Waals surface area (Å²) in [6.07, 6.45) is 3.45.